The van der Waals surface area contributed by atoms with E-state index in [4.69, 9.17) is 16.3 Å². The Bertz CT molecular complexity index is 519. The fourth-order valence-corrected chi connectivity index (χ4v) is 2.57. The van der Waals surface area contributed by atoms with Crippen LogP contribution >= 0.6 is 11.6 Å². The van der Waals surface area contributed by atoms with Crippen LogP contribution in [0, 0.1) is 0 Å². The Morgan fingerprint density at radius 1 is 1.45 bits per heavy atom. The standard InChI is InChI=1S/C15H23ClN4O2/c1-15(2,3)22-14(21)20-7-5-4-6-11(20)9-17-13-8-12(16)18-10-19-13/h8,10-11H,4-7,9H2,1-3H3,(H,17,18,19)/t11-/m1/s1. The number of piperidine rings is 1. The number of ether oxygens (including phenoxy) is 1. The second-order valence-electron chi connectivity index (χ2n) is 6.43. The van der Waals surface area contributed by atoms with E-state index in [0.29, 0.717) is 17.5 Å². The Morgan fingerprint density at radius 2 is 2.23 bits per heavy atom. The van der Waals surface area contributed by atoms with E-state index < -0.39 is 5.60 Å². The van der Waals surface area contributed by atoms with Gasteiger partial charge in [-0.1, -0.05) is 11.6 Å². The van der Waals surface area contributed by atoms with Crippen LogP contribution in [0.3, 0.4) is 0 Å². The molecule has 1 aliphatic rings. The zero-order chi connectivity index (χ0) is 16.2. The minimum absolute atomic E-state index is 0.0948. The average molecular weight is 327 g/mol. The number of hydrogen-bond acceptors (Lipinski definition) is 5. The zero-order valence-corrected chi connectivity index (χ0v) is 14.1. The van der Waals surface area contributed by atoms with Crippen LogP contribution in [0.1, 0.15) is 40.0 Å². The monoisotopic (exact) mass is 326 g/mol. The van der Waals surface area contributed by atoms with Gasteiger partial charge >= 0.3 is 6.09 Å². The van der Waals surface area contributed by atoms with Gasteiger partial charge in [-0.15, -0.1) is 0 Å². The molecule has 0 bridgehead atoms. The summed E-state index contributed by atoms with van der Waals surface area (Å²) >= 11 is 5.84. The number of carbonyl (C=O) groups is 1. The Balaban J connectivity index is 1.96. The zero-order valence-electron chi connectivity index (χ0n) is 13.3. The van der Waals surface area contributed by atoms with Crippen LogP contribution in [0.5, 0.6) is 0 Å². The molecule has 0 saturated carbocycles. The highest BCUT2D eigenvalue weighted by Gasteiger charge is 2.30. The molecule has 1 fully saturated rings. The van der Waals surface area contributed by atoms with Gasteiger partial charge in [0.1, 0.15) is 22.9 Å². The van der Waals surface area contributed by atoms with Crippen molar-refractivity contribution in [2.45, 2.75) is 51.7 Å². The summed E-state index contributed by atoms with van der Waals surface area (Å²) in [6.07, 6.45) is 4.23. The van der Waals surface area contributed by atoms with Crippen molar-refractivity contribution in [3.63, 3.8) is 0 Å². The van der Waals surface area contributed by atoms with Gasteiger partial charge in [-0.25, -0.2) is 14.8 Å². The first-order chi connectivity index (χ1) is 10.3. The van der Waals surface area contributed by atoms with Crippen molar-refractivity contribution in [2.24, 2.45) is 0 Å². The van der Waals surface area contributed by atoms with E-state index in [1.807, 2.05) is 25.7 Å². The molecule has 1 amide bonds. The minimum Gasteiger partial charge on any atom is -0.444 e. The Hall–Kier alpha value is -1.56. The maximum Gasteiger partial charge on any atom is 0.410 e. The molecule has 2 rings (SSSR count). The molecule has 1 aliphatic heterocycles. The number of carbonyl (C=O) groups excluding carboxylic acids is 1. The molecule has 22 heavy (non-hydrogen) atoms. The van der Waals surface area contributed by atoms with Crippen molar-refractivity contribution < 1.29 is 9.53 Å². The number of aromatic nitrogens is 2. The van der Waals surface area contributed by atoms with E-state index in [-0.39, 0.29) is 12.1 Å². The third-order valence-electron chi connectivity index (χ3n) is 3.41. The highest BCUT2D eigenvalue weighted by Crippen LogP contribution is 2.21. The third-order valence-corrected chi connectivity index (χ3v) is 3.61. The van der Waals surface area contributed by atoms with Gasteiger partial charge in [0.2, 0.25) is 0 Å². The van der Waals surface area contributed by atoms with Crippen molar-refractivity contribution in [1.29, 1.82) is 0 Å². The molecular formula is C15H23ClN4O2. The first-order valence-corrected chi connectivity index (χ1v) is 7.94. The molecule has 1 aromatic heterocycles. The summed E-state index contributed by atoms with van der Waals surface area (Å²) in [7, 11) is 0. The molecule has 1 atom stereocenters. The molecule has 2 heterocycles. The first kappa shape index (κ1) is 16.8. The number of nitrogens with zero attached hydrogens (tertiary/aromatic N) is 3. The molecule has 6 nitrogen and oxygen atoms in total. The van der Waals surface area contributed by atoms with Crippen LogP contribution in [0.4, 0.5) is 10.6 Å². The SMILES string of the molecule is CC(C)(C)OC(=O)N1CCCC[C@@H]1CNc1cc(Cl)ncn1. The van der Waals surface area contributed by atoms with Gasteiger partial charge in [0.05, 0.1) is 6.04 Å². The summed E-state index contributed by atoms with van der Waals surface area (Å²) in [6.45, 7) is 6.99. The Morgan fingerprint density at radius 3 is 2.91 bits per heavy atom. The normalized spacial score (nSPS) is 18.9. The molecule has 0 unspecified atom stereocenters. The number of halogens is 1. The van der Waals surface area contributed by atoms with Crippen LogP contribution in [-0.2, 0) is 4.74 Å². The van der Waals surface area contributed by atoms with Crippen LogP contribution < -0.4 is 5.32 Å². The lowest BCUT2D eigenvalue weighted by atomic mass is 10.0. The smallest absolute Gasteiger partial charge is 0.410 e. The van der Waals surface area contributed by atoms with Gasteiger partial charge < -0.3 is 15.0 Å². The largest absolute Gasteiger partial charge is 0.444 e. The predicted octanol–water partition coefficient (Wildman–Crippen LogP) is 3.33. The van der Waals surface area contributed by atoms with Gasteiger partial charge in [-0.2, -0.15) is 0 Å². The van der Waals surface area contributed by atoms with E-state index in [1.54, 1.807) is 6.07 Å². The van der Waals surface area contributed by atoms with Crippen LogP contribution in [0.2, 0.25) is 5.15 Å². The second-order valence-corrected chi connectivity index (χ2v) is 6.82. The third kappa shape index (κ3) is 5.02. The Kier molecular flexibility index (Phi) is 5.45. The summed E-state index contributed by atoms with van der Waals surface area (Å²) < 4.78 is 5.49. The average Bonchev–Trinajstić information content (AvgIpc) is 2.44. The maximum atomic E-state index is 12.3. The van der Waals surface area contributed by atoms with Crippen LogP contribution in [-0.4, -0.2) is 45.7 Å². The highest BCUT2D eigenvalue weighted by atomic mass is 35.5. The molecule has 0 spiro atoms. The maximum absolute atomic E-state index is 12.3. The lowest BCUT2D eigenvalue weighted by Gasteiger charge is -2.36. The molecule has 0 aliphatic carbocycles. The molecule has 1 N–H and O–H groups in total. The van der Waals surface area contributed by atoms with Gasteiger partial charge in [0.15, 0.2) is 0 Å². The summed E-state index contributed by atoms with van der Waals surface area (Å²) in [6, 6.07) is 1.76. The van der Waals surface area contributed by atoms with Crippen molar-refractivity contribution >= 4 is 23.5 Å². The van der Waals surface area contributed by atoms with Crippen molar-refractivity contribution in [2.75, 3.05) is 18.4 Å². The number of anilines is 1. The van der Waals surface area contributed by atoms with E-state index >= 15 is 0 Å². The lowest BCUT2D eigenvalue weighted by molar-refractivity contribution is 0.0114. The number of amides is 1. The van der Waals surface area contributed by atoms with E-state index in [1.165, 1.54) is 6.33 Å². The Labute approximate surface area is 136 Å². The van der Waals surface area contributed by atoms with Gasteiger partial charge in [-0.3, -0.25) is 0 Å². The fourth-order valence-electron chi connectivity index (χ4n) is 2.43. The fraction of sp³-hybridized carbons (Fsp3) is 0.667. The lowest BCUT2D eigenvalue weighted by Crippen LogP contribution is -2.48. The summed E-state index contributed by atoms with van der Waals surface area (Å²) in [4.78, 5) is 22.1. The van der Waals surface area contributed by atoms with Gasteiger partial charge in [-0.05, 0) is 40.0 Å². The number of hydrogen-bond donors (Lipinski definition) is 1. The summed E-state index contributed by atoms with van der Waals surface area (Å²) in [5.74, 6) is 0.662. The van der Waals surface area contributed by atoms with E-state index in [9.17, 15) is 4.79 Å². The molecule has 0 aromatic carbocycles. The molecule has 1 aromatic rings. The molecular weight excluding hydrogens is 304 g/mol. The highest BCUT2D eigenvalue weighted by molar-refractivity contribution is 6.29. The van der Waals surface area contributed by atoms with Crippen LogP contribution in [0.25, 0.3) is 0 Å². The topological polar surface area (TPSA) is 67.3 Å². The van der Waals surface area contributed by atoms with Crippen LogP contribution in [0.15, 0.2) is 12.4 Å². The quantitative estimate of drug-likeness (QED) is 0.863. The summed E-state index contributed by atoms with van der Waals surface area (Å²) in [5, 5.41) is 3.61. The number of nitrogens with one attached hydrogen (secondary N) is 1. The van der Waals surface area contributed by atoms with Crippen molar-refractivity contribution in [3.8, 4) is 0 Å². The molecule has 0 radical (unpaired) electrons. The number of likely N-dealkylation sites (tertiary alicyclic amines) is 1. The summed E-state index contributed by atoms with van der Waals surface area (Å²) in [5.41, 5.74) is -0.479. The van der Waals surface area contributed by atoms with E-state index in [0.717, 1.165) is 25.8 Å². The minimum atomic E-state index is -0.479. The molecule has 122 valence electrons. The molecule has 1 saturated heterocycles. The predicted molar refractivity (Wildman–Crippen MR) is 86.1 cm³/mol. The van der Waals surface area contributed by atoms with E-state index in [2.05, 4.69) is 15.3 Å². The van der Waals surface area contributed by atoms with Crippen molar-refractivity contribution in [3.05, 3.63) is 17.5 Å². The molecule has 7 heteroatoms. The first-order valence-electron chi connectivity index (χ1n) is 7.56. The van der Waals surface area contributed by atoms with Gasteiger partial charge in [0, 0.05) is 19.2 Å². The van der Waals surface area contributed by atoms with Crippen molar-refractivity contribution in [1.82, 2.24) is 14.9 Å². The van der Waals surface area contributed by atoms with Gasteiger partial charge in [0.25, 0.3) is 0 Å². The number of rotatable bonds is 3. The second kappa shape index (κ2) is 7.13.